The van der Waals surface area contributed by atoms with E-state index in [0.29, 0.717) is 37.1 Å². The number of methoxy groups -OCH3 is 1. The molecular weight excluding hydrogens is 536 g/mol. The summed E-state index contributed by atoms with van der Waals surface area (Å²) in [4.78, 5) is -0.526. The molecule has 0 amide bonds. The molecule has 2 aromatic carbocycles. The average molecular weight is 562 g/mol. The summed E-state index contributed by atoms with van der Waals surface area (Å²) in [5.74, 6) is -4.53. The molecule has 1 N–H and O–H groups in total. The molecule has 0 spiro atoms. The lowest BCUT2D eigenvalue weighted by Crippen LogP contribution is -2.31. The molecule has 0 radical (unpaired) electrons. The summed E-state index contributed by atoms with van der Waals surface area (Å²) in [5, 5.41) is 4.31. The van der Waals surface area contributed by atoms with Crippen LogP contribution < -0.4 is 9.46 Å². The topological polar surface area (TPSA) is 73.2 Å². The number of nitrogens with zero attached hydrogens (tertiary/aromatic N) is 2. The summed E-state index contributed by atoms with van der Waals surface area (Å²) in [7, 11) is -3.43. The fourth-order valence-corrected chi connectivity index (χ4v) is 5.65. The Morgan fingerprint density at radius 3 is 2.21 bits per heavy atom. The number of ether oxygens (including phenoxy) is 1. The Morgan fingerprint density at radius 2 is 1.66 bits per heavy atom. The van der Waals surface area contributed by atoms with E-state index in [1.165, 1.54) is 10.9 Å². The van der Waals surface area contributed by atoms with Crippen LogP contribution in [0.5, 0.6) is 5.75 Å². The fraction of sp³-hybridized carbons (Fsp3) is 0.400. The van der Waals surface area contributed by atoms with Crippen LogP contribution in [0.3, 0.4) is 0 Å². The van der Waals surface area contributed by atoms with Crippen LogP contribution in [0.2, 0.25) is 0 Å². The van der Waals surface area contributed by atoms with Gasteiger partial charge in [-0.1, -0.05) is 0 Å². The molecule has 1 unspecified atom stereocenters. The van der Waals surface area contributed by atoms with E-state index in [2.05, 4.69) is 9.82 Å². The minimum Gasteiger partial charge on any atom is -0.495 e. The Morgan fingerprint density at radius 1 is 1.03 bits per heavy atom. The van der Waals surface area contributed by atoms with Crippen LogP contribution in [0.4, 0.5) is 26.3 Å². The molecule has 4 rings (SSSR count). The summed E-state index contributed by atoms with van der Waals surface area (Å²) >= 11 is 0. The van der Waals surface area contributed by atoms with E-state index in [4.69, 9.17) is 4.74 Å². The first-order chi connectivity index (χ1) is 17.5. The van der Waals surface area contributed by atoms with Crippen LogP contribution in [0, 0.1) is 23.4 Å². The molecule has 1 aliphatic rings. The zero-order chi connectivity index (χ0) is 28.2. The zero-order valence-electron chi connectivity index (χ0n) is 20.8. The number of sulfonamides is 1. The Balaban J connectivity index is 1.85. The SMILES string of the molecule is COc1cc(C(F)(F)F)ccc1S(=O)(=O)NC(c1cnn(C(C)(C)C)c1-c1cc(F)c(F)cc1F)C1CC1. The van der Waals surface area contributed by atoms with Crippen LogP contribution in [0.1, 0.15) is 50.8 Å². The first-order valence-electron chi connectivity index (χ1n) is 11.6. The number of alkyl halides is 3. The lowest BCUT2D eigenvalue weighted by molar-refractivity contribution is -0.137. The highest BCUT2D eigenvalue weighted by molar-refractivity contribution is 7.89. The summed E-state index contributed by atoms with van der Waals surface area (Å²) < 4.78 is 118. The van der Waals surface area contributed by atoms with Gasteiger partial charge in [0.05, 0.1) is 36.1 Å². The first-order valence-corrected chi connectivity index (χ1v) is 13.0. The Bertz CT molecular complexity index is 1470. The second-order valence-electron chi connectivity index (χ2n) is 10.1. The average Bonchev–Trinajstić information content (AvgIpc) is 3.56. The van der Waals surface area contributed by atoms with E-state index < -0.39 is 61.4 Å². The van der Waals surface area contributed by atoms with Crippen molar-refractivity contribution in [2.75, 3.05) is 7.11 Å². The summed E-state index contributed by atoms with van der Waals surface area (Å²) in [6.07, 6.45) is -2.20. The van der Waals surface area contributed by atoms with E-state index >= 15 is 0 Å². The predicted molar refractivity (Wildman–Crippen MR) is 126 cm³/mol. The van der Waals surface area contributed by atoms with Crippen molar-refractivity contribution in [1.29, 1.82) is 0 Å². The van der Waals surface area contributed by atoms with Crippen LogP contribution in [0.25, 0.3) is 11.3 Å². The molecule has 6 nitrogen and oxygen atoms in total. The normalized spacial score (nSPS) is 15.5. The molecule has 1 atom stereocenters. The van der Waals surface area contributed by atoms with Gasteiger partial charge in [0.25, 0.3) is 0 Å². The van der Waals surface area contributed by atoms with Gasteiger partial charge >= 0.3 is 6.18 Å². The van der Waals surface area contributed by atoms with Gasteiger partial charge in [-0.05, 0) is 63.8 Å². The molecule has 13 heteroatoms. The van der Waals surface area contributed by atoms with Crippen molar-refractivity contribution >= 4 is 10.0 Å². The van der Waals surface area contributed by atoms with Crippen LogP contribution in [-0.4, -0.2) is 25.3 Å². The first kappa shape index (κ1) is 28.0. The zero-order valence-corrected chi connectivity index (χ0v) is 21.6. The number of hydrogen-bond acceptors (Lipinski definition) is 4. The molecule has 206 valence electrons. The maximum atomic E-state index is 15.0. The highest BCUT2D eigenvalue weighted by Crippen LogP contribution is 2.46. The number of aromatic nitrogens is 2. The summed E-state index contributed by atoms with van der Waals surface area (Å²) in [5.41, 5.74) is -1.92. The van der Waals surface area contributed by atoms with Gasteiger partial charge in [-0.25, -0.2) is 26.3 Å². The van der Waals surface area contributed by atoms with Gasteiger partial charge in [0.1, 0.15) is 16.5 Å². The van der Waals surface area contributed by atoms with Crippen molar-refractivity contribution in [3.8, 4) is 17.0 Å². The van der Waals surface area contributed by atoms with Crippen LogP contribution >= 0.6 is 0 Å². The highest BCUT2D eigenvalue weighted by Gasteiger charge is 2.40. The Hall–Kier alpha value is -3.06. The van der Waals surface area contributed by atoms with Gasteiger partial charge in [-0.15, -0.1) is 0 Å². The third kappa shape index (κ3) is 5.39. The predicted octanol–water partition coefficient (Wildman–Crippen LogP) is 6.18. The maximum Gasteiger partial charge on any atom is 0.416 e. The van der Waals surface area contributed by atoms with Gasteiger partial charge < -0.3 is 4.74 Å². The van der Waals surface area contributed by atoms with Gasteiger partial charge in [0.15, 0.2) is 11.6 Å². The molecule has 0 aliphatic heterocycles. The molecule has 1 fully saturated rings. The molecule has 3 aromatic rings. The second kappa shape index (κ2) is 9.60. The van der Waals surface area contributed by atoms with E-state index in [9.17, 15) is 34.8 Å². The van der Waals surface area contributed by atoms with Crippen LogP contribution in [0.15, 0.2) is 41.4 Å². The second-order valence-corrected chi connectivity index (χ2v) is 11.8. The fourth-order valence-electron chi connectivity index (χ4n) is 4.21. The molecule has 0 bridgehead atoms. The van der Waals surface area contributed by atoms with E-state index in [1.54, 1.807) is 20.8 Å². The number of rotatable bonds is 7. The number of nitrogens with one attached hydrogen (secondary N) is 1. The van der Waals surface area contributed by atoms with Crippen LogP contribution in [-0.2, 0) is 21.7 Å². The molecule has 1 aromatic heterocycles. The van der Waals surface area contributed by atoms with Gasteiger partial charge in [-0.2, -0.15) is 18.3 Å². The number of halogens is 6. The maximum absolute atomic E-state index is 15.0. The molecule has 1 heterocycles. The van der Waals surface area contributed by atoms with Gasteiger partial charge in [0.2, 0.25) is 10.0 Å². The van der Waals surface area contributed by atoms with Crippen molar-refractivity contribution in [2.24, 2.45) is 5.92 Å². The van der Waals surface area contributed by atoms with Crippen molar-refractivity contribution in [2.45, 2.75) is 56.3 Å². The number of benzene rings is 2. The van der Waals surface area contributed by atoms with Gasteiger partial charge in [0, 0.05) is 17.2 Å². The standard InChI is InChI=1S/C25H25F6N3O3S/c1-24(2,3)34-23(15-10-18(27)19(28)11-17(15)26)16(12-32-34)22(13-5-6-13)33-38(35,36)21-8-7-14(25(29,30)31)9-20(21)37-4/h7-13,22,33H,5-6H2,1-4H3. The van der Waals surface area contributed by atoms with Crippen molar-refractivity contribution in [3.05, 3.63) is 65.1 Å². The van der Waals surface area contributed by atoms with Crippen molar-refractivity contribution in [3.63, 3.8) is 0 Å². The van der Waals surface area contributed by atoms with Crippen molar-refractivity contribution in [1.82, 2.24) is 14.5 Å². The monoisotopic (exact) mass is 561 g/mol. The molecule has 38 heavy (non-hydrogen) atoms. The molecule has 1 saturated carbocycles. The lowest BCUT2D eigenvalue weighted by atomic mass is 9.97. The molecule has 0 saturated heterocycles. The minimum atomic E-state index is -4.72. The largest absolute Gasteiger partial charge is 0.495 e. The van der Waals surface area contributed by atoms with E-state index in [1.807, 2.05) is 0 Å². The third-order valence-electron chi connectivity index (χ3n) is 6.19. The third-order valence-corrected chi connectivity index (χ3v) is 7.67. The van der Waals surface area contributed by atoms with E-state index in [-0.39, 0.29) is 22.7 Å². The smallest absolute Gasteiger partial charge is 0.416 e. The molecular formula is C25H25F6N3O3S. The molecule has 1 aliphatic carbocycles. The summed E-state index contributed by atoms with van der Waals surface area (Å²) in [6.45, 7) is 5.23. The quantitative estimate of drug-likeness (QED) is 0.276. The summed E-state index contributed by atoms with van der Waals surface area (Å²) in [6, 6.07) is 2.10. The lowest BCUT2D eigenvalue weighted by Gasteiger charge is -2.25. The van der Waals surface area contributed by atoms with Crippen molar-refractivity contribution < 1.29 is 39.5 Å². The highest BCUT2D eigenvalue weighted by atomic mass is 32.2. The Kier molecular flexibility index (Phi) is 7.06. The Labute approximate surface area is 215 Å². The van der Waals surface area contributed by atoms with E-state index in [0.717, 1.165) is 13.2 Å². The van der Waals surface area contributed by atoms with Gasteiger partial charge in [-0.3, -0.25) is 4.68 Å². The minimum absolute atomic E-state index is 0.0490. The number of hydrogen-bond donors (Lipinski definition) is 1.